The van der Waals surface area contributed by atoms with E-state index in [2.05, 4.69) is 5.32 Å². The van der Waals surface area contributed by atoms with Gasteiger partial charge in [0.15, 0.2) is 12.7 Å². The van der Waals surface area contributed by atoms with Gasteiger partial charge >= 0.3 is 5.97 Å². The van der Waals surface area contributed by atoms with Crippen molar-refractivity contribution in [2.24, 2.45) is 0 Å². The Morgan fingerprint density at radius 3 is 2.48 bits per heavy atom. The topological polar surface area (TPSA) is 64.6 Å². The van der Waals surface area contributed by atoms with Crippen LogP contribution in [0, 0.1) is 19.7 Å². The Bertz CT molecular complexity index is 759. The number of esters is 1. The van der Waals surface area contributed by atoms with Crippen LogP contribution < -0.4 is 10.1 Å². The van der Waals surface area contributed by atoms with E-state index in [9.17, 15) is 14.0 Å². The maximum Gasteiger partial charge on any atom is 0.347 e. The highest BCUT2D eigenvalue weighted by Crippen LogP contribution is 2.16. The van der Waals surface area contributed by atoms with Gasteiger partial charge in [0.1, 0.15) is 11.6 Å². The highest BCUT2D eigenvalue weighted by molar-refractivity contribution is 5.93. The van der Waals surface area contributed by atoms with E-state index in [1.54, 1.807) is 0 Å². The molecule has 0 saturated heterocycles. The second-order valence-corrected chi connectivity index (χ2v) is 5.69. The van der Waals surface area contributed by atoms with Crippen molar-refractivity contribution in [3.63, 3.8) is 0 Å². The van der Waals surface area contributed by atoms with E-state index in [1.165, 1.54) is 31.2 Å². The Morgan fingerprint density at radius 2 is 1.80 bits per heavy atom. The molecule has 6 heteroatoms. The number of halogens is 1. The number of rotatable bonds is 6. The molecule has 0 aliphatic heterocycles. The van der Waals surface area contributed by atoms with Crippen molar-refractivity contribution in [1.82, 2.24) is 0 Å². The predicted octanol–water partition coefficient (Wildman–Crippen LogP) is 3.39. The van der Waals surface area contributed by atoms with E-state index in [4.69, 9.17) is 9.47 Å². The quantitative estimate of drug-likeness (QED) is 0.815. The number of hydrogen-bond acceptors (Lipinski definition) is 4. The summed E-state index contributed by atoms with van der Waals surface area (Å²) in [6.07, 6.45) is -0.918. The molecule has 0 heterocycles. The average molecular weight is 345 g/mol. The van der Waals surface area contributed by atoms with E-state index in [1.807, 2.05) is 32.0 Å². The Kier molecular flexibility index (Phi) is 6.11. The molecule has 1 N–H and O–H groups in total. The summed E-state index contributed by atoms with van der Waals surface area (Å²) in [5.41, 5.74) is 2.61. The Balaban J connectivity index is 1.83. The van der Waals surface area contributed by atoms with Crippen LogP contribution in [0.3, 0.4) is 0 Å². The third-order valence-corrected chi connectivity index (χ3v) is 3.47. The van der Waals surface area contributed by atoms with Gasteiger partial charge in [-0.1, -0.05) is 12.1 Å². The molecule has 0 fully saturated rings. The van der Waals surface area contributed by atoms with Crippen LogP contribution in [-0.4, -0.2) is 24.6 Å². The molecule has 132 valence electrons. The molecule has 0 aliphatic rings. The number of nitrogens with one attached hydrogen (secondary N) is 1. The van der Waals surface area contributed by atoms with Crippen molar-refractivity contribution < 1.29 is 23.5 Å². The first kappa shape index (κ1) is 18.4. The van der Waals surface area contributed by atoms with Crippen LogP contribution >= 0.6 is 0 Å². The van der Waals surface area contributed by atoms with E-state index >= 15 is 0 Å². The smallest absolute Gasteiger partial charge is 0.347 e. The third kappa shape index (κ3) is 5.60. The Morgan fingerprint density at radius 1 is 1.12 bits per heavy atom. The molecular weight excluding hydrogens is 325 g/mol. The van der Waals surface area contributed by atoms with Gasteiger partial charge in [-0.2, -0.15) is 0 Å². The minimum atomic E-state index is -0.918. The van der Waals surface area contributed by atoms with Gasteiger partial charge in [-0.3, -0.25) is 4.79 Å². The average Bonchev–Trinajstić information content (AvgIpc) is 2.58. The molecule has 2 aromatic carbocycles. The van der Waals surface area contributed by atoms with Crippen molar-refractivity contribution in [1.29, 1.82) is 0 Å². The predicted molar refractivity (Wildman–Crippen MR) is 92.0 cm³/mol. The fourth-order valence-corrected chi connectivity index (χ4v) is 2.08. The van der Waals surface area contributed by atoms with Crippen LogP contribution in [0.4, 0.5) is 10.1 Å². The van der Waals surface area contributed by atoms with Gasteiger partial charge in [0.2, 0.25) is 0 Å². The molecule has 0 saturated carbocycles. The largest absolute Gasteiger partial charge is 0.479 e. The number of benzene rings is 2. The first-order chi connectivity index (χ1) is 11.8. The zero-order valence-corrected chi connectivity index (χ0v) is 14.3. The van der Waals surface area contributed by atoms with E-state index in [0.717, 1.165) is 11.1 Å². The van der Waals surface area contributed by atoms with E-state index in [0.29, 0.717) is 11.4 Å². The van der Waals surface area contributed by atoms with Crippen LogP contribution in [0.1, 0.15) is 18.1 Å². The van der Waals surface area contributed by atoms with Gasteiger partial charge in [0.25, 0.3) is 5.91 Å². The number of carbonyl (C=O) groups is 2. The maximum atomic E-state index is 12.8. The second kappa shape index (κ2) is 8.28. The molecule has 2 rings (SSSR count). The number of hydrogen-bond donors (Lipinski definition) is 1. The molecule has 0 bridgehead atoms. The van der Waals surface area contributed by atoms with E-state index < -0.39 is 30.4 Å². The first-order valence-corrected chi connectivity index (χ1v) is 7.81. The zero-order valence-electron chi connectivity index (χ0n) is 14.3. The molecule has 1 amide bonds. The molecule has 0 spiro atoms. The molecule has 0 radical (unpaired) electrons. The minimum absolute atomic E-state index is 0.339. The van der Waals surface area contributed by atoms with Crippen LogP contribution in [0.15, 0.2) is 42.5 Å². The summed E-state index contributed by atoms with van der Waals surface area (Å²) < 4.78 is 23.1. The number of ether oxygens (including phenoxy) is 2. The van der Waals surface area contributed by atoms with Crippen molar-refractivity contribution in [2.75, 3.05) is 11.9 Å². The van der Waals surface area contributed by atoms with Crippen molar-refractivity contribution in [2.45, 2.75) is 26.9 Å². The molecular formula is C19H20FNO4. The molecule has 2 aromatic rings. The fourth-order valence-electron chi connectivity index (χ4n) is 2.08. The molecule has 1 atom stereocenters. The van der Waals surface area contributed by atoms with E-state index in [-0.39, 0.29) is 0 Å². The molecule has 0 unspecified atom stereocenters. The van der Waals surface area contributed by atoms with Gasteiger partial charge in [0, 0.05) is 5.69 Å². The standard InChI is InChI=1S/C19H20FNO4/c1-12-4-5-13(2)17(10-12)21-18(22)11-24-19(23)14(3)25-16-8-6-15(20)7-9-16/h4-10,14H,11H2,1-3H3,(H,21,22)/t14-/m1/s1. The van der Waals surface area contributed by atoms with Gasteiger partial charge in [-0.15, -0.1) is 0 Å². The lowest BCUT2D eigenvalue weighted by Crippen LogP contribution is -2.29. The lowest BCUT2D eigenvalue weighted by atomic mass is 10.1. The Labute approximate surface area is 145 Å². The summed E-state index contributed by atoms with van der Waals surface area (Å²) in [6.45, 7) is 4.88. The van der Waals surface area contributed by atoms with Crippen molar-refractivity contribution >= 4 is 17.6 Å². The summed E-state index contributed by atoms with van der Waals surface area (Å²) in [6, 6.07) is 11.0. The molecule has 0 aromatic heterocycles. The SMILES string of the molecule is Cc1ccc(C)c(NC(=O)COC(=O)[C@@H](C)Oc2ccc(F)cc2)c1. The minimum Gasteiger partial charge on any atom is -0.479 e. The van der Waals surface area contributed by atoms with Gasteiger partial charge in [-0.25, -0.2) is 9.18 Å². The Hall–Kier alpha value is -2.89. The summed E-state index contributed by atoms with van der Waals surface area (Å²) in [7, 11) is 0. The van der Waals surface area contributed by atoms with Gasteiger partial charge in [0.05, 0.1) is 0 Å². The summed E-state index contributed by atoms with van der Waals surface area (Å²) in [5, 5.41) is 2.70. The zero-order chi connectivity index (χ0) is 18.4. The van der Waals surface area contributed by atoms with Crippen LogP contribution in [0.25, 0.3) is 0 Å². The lowest BCUT2D eigenvalue weighted by Gasteiger charge is -2.14. The molecule has 0 aliphatic carbocycles. The number of carbonyl (C=O) groups excluding carboxylic acids is 2. The number of anilines is 1. The van der Waals surface area contributed by atoms with Gasteiger partial charge < -0.3 is 14.8 Å². The normalized spacial score (nSPS) is 11.5. The summed E-state index contributed by atoms with van der Waals surface area (Å²) in [5.74, 6) is -1.17. The number of aryl methyl sites for hydroxylation is 2. The maximum absolute atomic E-state index is 12.8. The second-order valence-electron chi connectivity index (χ2n) is 5.69. The highest BCUT2D eigenvalue weighted by Gasteiger charge is 2.18. The van der Waals surface area contributed by atoms with Crippen LogP contribution in [0.2, 0.25) is 0 Å². The molecule has 5 nitrogen and oxygen atoms in total. The summed E-state index contributed by atoms with van der Waals surface area (Å²) >= 11 is 0. The van der Waals surface area contributed by atoms with Crippen molar-refractivity contribution in [3.05, 3.63) is 59.4 Å². The van der Waals surface area contributed by atoms with Gasteiger partial charge in [-0.05, 0) is 62.2 Å². The monoisotopic (exact) mass is 345 g/mol. The number of amides is 1. The fraction of sp³-hybridized carbons (Fsp3) is 0.263. The highest BCUT2D eigenvalue weighted by atomic mass is 19.1. The first-order valence-electron chi connectivity index (χ1n) is 7.81. The lowest BCUT2D eigenvalue weighted by molar-refractivity contribution is -0.153. The summed E-state index contributed by atoms with van der Waals surface area (Å²) in [4.78, 5) is 23.8. The molecule has 25 heavy (non-hydrogen) atoms. The van der Waals surface area contributed by atoms with Crippen molar-refractivity contribution in [3.8, 4) is 5.75 Å². The van der Waals surface area contributed by atoms with Crippen LogP contribution in [0.5, 0.6) is 5.75 Å². The van der Waals surface area contributed by atoms with Crippen LogP contribution in [-0.2, 0) is 14.3 Å². The third-order valence-electron chi connectivity index (χ3n) is 3.47.